The molecule has 0 atom stereocenters. The molecule has 2 aromatic heterocycles. The van der Waals surface area contributed by atoms with Gasteiger partial charge in [-0.05, 0) is 23.8 Å². The number of nitrogens with zero attached hydrogens (tertiary/aromatic N) is 4. The van der Waals surface area contributed by atoms with Crippen LogP contribution in [0.3, 0.4) is 0 Å². The first kappa shape index (κ1) is 22.8. The van der Waals surface area contributed by atoms with Gasteiger partial charge in [0, 0.05) is 18.4 Å². The van der Waals surface area contributed by atoms with Crippen molar-refractivity contribution in [2.45, 2.75) is 26.0 Å². The van der Waals surface area contributed by atoms with Crippen molar-refractivity contribution in [1.82, 2.24) is 36.1 Å². The largest absolute Gasteiger partial charge is 0.497 e. The molecule has 4 aromatic rings. The van der Waals surface area contributed by atoms with Crippen LogP contribution in [0.2, 0.25) is 0 Å². The number of nitrogens with one attached hydrogen (secondary N) is 3. The van der Waals surface area contributed by atoms with Crippen LogP contribution in [0.5, 0.6) is 11.5 Å². The molecule has 11 nitrogen and oxygen atoms in total. The monoisotopic (exact) mass is 463 g/mol. The maximum atomic E-state index is 12.3. The molecule has 0 aliphatic rings. The summed E-state index contributed by atoms with van der Waals surface area (Å²) in [4.78, 5) is 12.3. The standard InChI is InChI=1S/C23H25N7O4/c1-32-17-8-5-6-15(10-17)11-18-20(27-29-25-18)13-24-23(31)34-14-21-19(26-30-28-21)12-16-7-3-4-9-22(16)33-2/h3-10H,11-14H2,1-2H3,(H,24,31)(H,25,27,29)(H,26,28,30). The third-order valence-electron chi connectivity index (χ3n) is 5.20. The topological polar surface area (TPSA) is 140 Å². The second-order valence-electron chi connectivity index (χ2n) is 7.38. The number of alkyl carbamates (subject to hydrolysis) is 1. The molecule has 2 heterocycles. The zero-order valence-corrected chi connectivity index (χ0v) is 18.9. The molecule has 4 rings (SSSR count). The summed E-state index contributed by atoms with van der Waals surface area (Å²) in [5, 5.41) is 24.5. The molecule has 11 heteroatoms. The third kappa shape index (κ3) is 5.68. The van der Waals surface area contributed by atoms with E-state index in [4.69, 9.17) is 14.2 Å². The smallest absolute Gasteiger partial charge is 0.407 e. The molecular weight excluding hydrogens is 438 g/mol. The summed E-state index contributed by atoms with van der Waals surface area (Å²) in [6, 6.07) is 15.3. The summed E-state index contributed by atoms with van der Waals surface area (Å²) in [5.41, 5.74) is 4.54. The molecule has 1 amide bonds. The number of aromatic nitrogens is 6. The van der Waals surface area contributed by atoms with Crippen molar-refractivity contribution in [2.24, 2.45) is 0 Å². The number of benzene rings is 2. The molecule has 0 aliphatic carbocycles. The summed E-state index contributed by atoms with van der Waals surface area (Å²) in [6.45, 7) is 0.143. The van der Waals surface area contributed by atoms with Crippen LogP contribution in [0.25, 0.3) is 0 Å². The van der Waals surface area contributed by atoms with Crippen molar-refractivity contribution in [3.8, 4) is 11.5 Å². The highest BCUT2D eigenvalue weighted by atomic mass is 16.5. The van der Waals surface area contributed by atoms with Gasteiger partial charge in [-0.3, -0.25) is 0 Å². The van der Waals surface area contributed by atoms with E-state index in [2.05, 4.69) is 36.1 Å². The van der Waals surface area contributed by atoms with Crippen LogP contribution in [-0.4, -0.2) is 51.1 Å². The maximum absolute atomic E-state index is 12.3. The Morgan fingerprint density at radius 2 is 1.59 bits per heavy atom. The second kappa shape index (κ2) is 10.9. The molecule has 2 aromatic carbocycles. The Balaban J connectivity index is 1.30. The van der Waals surface area contributed by atoms with Crippen molar-refractivity contribution in [3.63, 3.8) is 0 Å². The number of aromatic amines is 2. The third-order valence-corrected chi connectivity index (χ3v) is 5.20. The lowest BCUT2D eigenvalue weighted by atomic mass is 10.1. The van der Waals surface area contributed by atoms with Crippen molar-refractivity contribution in [2.75, 3.05) is 14.2 Å². The lowest BCUT2D eigenvalue weighted by Gasteiger charge is -2.08. The van der Waals surface area contributed by atoms with Crippen LogP contribution in [0, 0.1) is 0 Å². The van der Waals surface area contributed by atoms with Crippen molar-refractivity contribution in [1.29, 1.82) is 0 Å². The molecule has 0 spiro atoms. The van der Waals surface area contributed by atoms with Gasteiger partial charge in [0.25, 0.3) is 0 Å². The highest BCUT2D eigenvalue weighted by Crippen LogP contribution is 2.21. The molecule has 34 heavy (non-hydrogen) atoms. The molecule has 0 radical (unpaired) electrons. The van der Waals surface area contributed by atoms with Crippen LogP contribution >= 0.6 is 0 Å². The fraction of sp³-hybridized carbons (Fsp3) is 0.261. The van der Waals surface area contributed by atoms with Crippen LogP contribution in [0.15, 0.2) is 48.5 Å². The summed E-state index contributed by atoms with van der Waals surface area (Å²) < 4.78 is 16.0. The van der Waals surface area contributed by atoms with Gasteiger partial charge in [-0.1, -0.05) is 30.3 Å². The van der Waals surface area contributed by atoms with E-state index in [0.29, 0.717) is 29.9 Å². The Morgan fingerprint density at radius 3 is 2.38 bits per heavy atom. The lowest BCUT2D eigenvalue weighted by Crippen LogP contribution is -2.24. The van der Waals surface area contributed by atoms with E-state index >= 15 is 0 Å². The first-order chi connectivity index (χ1) is 16.7. The van der Waals surface area contributed by atoms with E-state index in [1.165, 1.54) is 0 Å². The number of hydrogen-bond acceptors (Lipinski definition) is 8. The lowest BCUT2D eigenvalue weighted by molar-refractivity contribution is 0.137. The summed E-state index contributed by atoms with van der Waals surface area (Å²) in [5.74, 6) is 1.52. The van der Waals surface area contributed by atoms with Gasteiger partial charge in [0.05, 0.1) is 32.2 Å². The second-order valence-corrected chi connectivity index (χ2v) is 7.38. The predicted molar refractivity (Wildman–Crippen MR) is 121 cm³/mol. The van der Waals surface area contributed by atoms with Crippen molar-refractivity contribution >= 4 is 6.09 Å². The van der Waals surface area contributed by atoms with Crippen molar-refractivity contribution < 1.29 is 19.0 Å². The highest BCUT2D eigenvalue weighted by molar-refractivity contribution is 5.67. The van der Waals surface area contributed by atoms with Crippen LogP contribution in [0.1, 0.15) is 33.9 Å². The van der Waals surface area contributed by atoms with Crippen LogP contribution < -0.4 is 14.8 Å². The average molecular weight is 463 g/mol. The minimum Gasteiger partial charge on any atom is -0.497 e. The Labute approximate surface area is 195 Å². The van der Waals surface area contributed by atoms with Gasteiger partial charge >= 0.3 is 6.09 Å². The molecular formula is C23H25N7O4. The number of carbonyl (C=O) groups excluding carboxylic acids is 1. The Hall–Kier alpha value is -4.41. The van der Waals surface area contributed by atoms with Gasteiger partial charge in [-0.25, -0.2) is 4.79 Å². The fourth-order valence-electron chi connectivity index (χ4n) is 3.44. The number of para-hydroxylation sites is 1. The van der Waals surface area contributed by atoms with Crippen LogP contribution in [0.4, 0.5) is 4.79 Å². The van der Waals surface area contributed by atoms with E-state index in [1.54, 1.807) is 14.2 Å². The molecule has 0 fully saturated rings. The minimum absolute atomic E-state index is 0.0255. The Kier molecular flexibility index (Phi) is 7.33. The molecule has 176 valence electrons. The molecule has 0 unspecified atom stereocenters. The highest BCUT2D eigenvalue weighted by Gasteiger charge is 2.15. The number of hydrogen-bond donors (Lipinski definition) is 3. The van der Waals surface area contributed by atoms with Gasteiger partial charge in [0.1, 0.15) is 29.5 Å². The zero-order valence-electron chi connectivity index (χ0n) is 18.9. The van der Waals surface area contributed by atoms with Gasteiger partial charge in [-0.2, -0.15) is 30.8 Å². The van der Waals surface area contributed by atoms with Gasteiger partial charge in [0.15, 0.2) is 0 Å². The number of amides is 1. The predicted octanol–water partition coefficient (Wildman–Crippen LogP) is 2.55. The maximum Gasteiger partial charge on any atom is 0.407 e. The number of H-pyrrole nitrogens is 2. The van der Waals surface area contributed by atoms with Gasteiger partial charge in [0.2, 0.25) is 0 Å². The molecule has 0 saturated heterocycles. The molecule has 0 aliphatic heterocycles. The Bertz CT molecular complexity index is 1240. The minimum atomic E-state index is -0.596. The van der Waals surface area contributed by atoms with E-state index in [-0.39, 0.29) is 13.2 Å². The Morgan fingerprint density at radius 1 is 0.853 bits per heavy atom. The summed E-state index contributed by atoms with van der Waals surface area (Å²) >= 11 is 0. The van der Waals surface area contributed by atoms with E-state index in [9.17, 15) is 4.79 Å². The first-order valence-electron chi connectivity index (χ1n) is 10.6. The van der Waals surface area contributed by atoms with Gasteiger partial charge < -0.3 is 19.5 Å². The summed E-state index contributed by atoms with van der Waals surface area (Å²) in [7, 11) is 3.24. The number of carbonyl (C=O) groups is 1. The van der Waals surface area contributed by atoms with Crippen molar-refractivity contribution in [3.05, 3.63) is 82.4 Å². The SMILES string of the molecule is COc1cccc(Cc2n[nH]nc2CNC(=O)OCc2n[nH]nc2Cc2ccccc2OC)c1. The molecule has 0 bridgehead atoms. The van der Waals surface area contributed by atoms with Gasteiger partial charge in [-0.15, -0.1) is 0 Å². The van der Waals surface area contributed by atoms with E-state index < -0.39 is 6.09 Å². The normalized spacial score (nSPS) is 10.6. The van der Waals surface area contributed by atoms with E-state index in [0.717, 1.165) is 28.3 Å². The molecule has 0 saturated carbocycles. The molecule has 3 N–H and O–H groups in total. The number of rotatable bonds is 10. The first-order valence-corrected chi connectivity index (χ1v) is 10.6. The van der Waals surface area contributed by atoms with E-state index in [1.807, 2.05) is 48.5 Å². The fourth-order valence-corrected chi connectivity index (χ4v) is 3.44. The average Bonchev–Trinajstić information content (AvgIpc) is 3.51. The summed E-state index contributed by atoms with van der Waals surface area (Å²) in [6.07, 6.45) is 0.444. The quantitative estimate of drug-likeness (QED) is 0.326. The number of methoxy groups -OCH3 is 2. The zero-order chi connectivity index (χ0) is 23.8. The number of ether oxygens (including phenoxy) is 3. The van der Waals surface area contributed by atoms with Crippen LogP contribution in [-0.2, 0) is 30.7 Å².